The highest BCUT2D eigenvalue weighted by molar-refractivity contribution is 5.88. The molecule has 0 aromatic heterocycles. The Morgan fingerprint density at radius 2 is 2.05 bits per heavy atom. The Kier molecular flexibility index (Phi) is 3.57. The lowest BCUT2D eigenvalue weighted by Crippen LogP contribution is -2.55. The maximum atomic E-state index is 14.2. The molecule has 0 aliphatic carbocycles. The van der Waals surface area contributed by atoms with E-state index in [4.69, 9.17) is 5.11 Å². The van der Waals surface area contributed by atoms with Gasteiger partial charge in [-0.3, -0.25) is 4.90 Å². The molecule has 3 rings (SSSR count). The van der Waals surface area contributed by atoms with Crippen LogP contribution >= 0.6 is 0 Å². The average molecular weight is 296 g/mol. The molecule has 0 radical (unpaired) electrons. The fraction of sp³-hybridized carbons (Fsp3) is 0.533. The van der Waals surface area contributed by atoms with E-state index in [0.29, 0.717) is 12.6 Å². The molecule has 6 heteroatoms. The summed E-state index contributed by atoms with van der Waals surface area (Å²) in [4.78, 5) is 15.1. The number of hydrogen-bond acceptors (Lipinski definition) is 3. The molecule has 0 spiro atoms. The number of carboxylic acids is 1. The van der Waals surface area contributed by atoms with Gasteiger partial charge in [-0.25, -0.2) is 13.6 Å². The number of anilines is 1. The Bertz CT molecular complexity index is 579. The summed E-state index contributed by atoms with van der Waals surface area (Å²) >= 11 is 0. The van der Waals surface area contributed by atoms with E-state index < -0.39 is 23.2 Å². The molecule has 2 atom stereocenters. The van der Waals surface area contributed by atoms with E-state index in [1.54, 1.807) is 0 Å². The number of hydrogen-bond donors (Lipinski definition) is 1. The van der Waals surface area contributed by atoms with Crippen LogP contribution in [0.2, 0.25) is 0 Å². The molecular weight excluding hydrogens is 278 g/mol. The zero-order chi connectivity index (χ0) is 15.1. The molecule has 1 N–H and O–H groups in total. The summed E-state index contributed by atoms with van der Waals surface area (Å²) in [5.41, 5.74) is -0.458. The van der Waals surface area contributed by atoms with E-state index in [0.717, 1.165) is 32.0 Å². The predicted octanol–water partition coefficient (Wildman–Crippen LogP) is 2.34. The smallest absolute Gasteiger partial charge is 0.338 e. The van der Waals surface area contributed by atoms with E-state index >= 15 is 0 Å². The Morgan fingerprint density at radius 1 is 1.29 bits per heavy atom. The Balaban J connectivity index is 1.93. The fourth-order valence-corrected chi connectivity index (χ4v) is 3.45. The average Bonchev–Trinajstić information content (AvgIpc) is 2.87. The largest absolute Gasteiger partial charge is 0.478 e. The van der Waals surface area contributed by atoms with Crippen LogP contribution in [0.4, 0.5) is 14.5 Å². The first kappa shape index (κ1) is 14.3. The van der Waals surface area contributed by atoms with Crippen molar-refractivity contribution in [2.75, 3.05) is 24.5 Å². The molecule has 4 nitrogen and oxygen atoms in total. The first-order valence-corrected chi connectivity index (χ1v) is 7.21. The van der Waals surface area contributed by atoms with Crippen molar-refractivity contribution in [3.63, 3.8) is 0 Å². The number of halogens is 2. The molecule has 21 heavy (non-hydrogen) atoms. The van der Waals surface area contributed by atoms with Gasteiger partial charge >= 0.3 is 5.97 Å². The normalized spacial score (nSPS) is 26.0. The molecule has 2 fully saturated rings. The number of rotatable bonds is 2. The van der Waals surface area contributed by atoms with Crippen LogP contribution in [0.1, 0.15) is 30.1 Å². The molecule has 0 saturated carbocycles. The standard InChI is InChI=1S/C15H18F2N2O2/c1-9-7-18-6-2-3-10(18)8-19(9)12-5-4-11(15(20)21)13(16)14(12)17/h4-5,9-10H,2-3,6-8H2,1H3,(H,20,21). The number of fused-ring (bicyclic) bond motifs is 1. The summed E-state index contributed by atoms with van der Waals surface area (Å²) < 4.78 is 28.1. The molecule has 2 aliphatic heterocycles. The monoisotopic (exact) mass is 296 g/mol. The SMILES string of the molecule is CC1CN2CCCC2CN1c1ccc(C(=O)O)c(F)c1F. The van der Waals surface area contributed by atoms with Crippen LogP contribution in [-0.2, 0) is 0 Å². The van der Waals surface area contributed by atoms with Crippen molar-refractivity contribution in [3.05, 3.63) is 29.3 Å². The molecule has 114 valence electrons. The molecule has 0 amide bonds. The molecule has 0 bridgehead atoms. The molecule has 2 heterocycles. The van der Waals surface area contributed by atoms with Crippen molar-refractivity contribution < 1.29 is 18.7 Å². The van der Waals surface area contributed by atoms with Crippen molar-refractivity contribution in [1.29, 1.82) is 0 Å². The Labute approximate surface area is 122 Å². The van der Waals surface area contributed by atoms with Crippen LogP contribution in [0.5, 0.6) is 0 Å². The molecule has 2 aliphatic rings. The van der Waals surface area contributed by atoms with Crippen molar-refractivity contribution in [2.24, 2.45) is 0 Å². The van der Waals surface area contributed by atoms with Gasteiger partial charge in [-0.1, -0.05) is 0 Å². The lowest BCUT2D eigenvalue weighted by molar-refractivity contribution is 0.0690. The maximum Gasteiger partial charge on any atom is 0.338 e. The maximum absolute atomic E-state index is 14.2. The number of benzene rings is 1. The van der Waals surface area contributed by atoms with Gasteiger partial charge in [0.1, 0.15) is 0 Å². The van der Waals surface area contributed by atoms with Crippen molar-refractivity contribution in [3.8, 4) is 0 Å². The van der Waals surface area contributed by atoms with Crippen molar-refractivity contribution in [1.82, 2.24) is 4.90 Å². The molecule has 1 aromatic rings. The number of piperazine rings is 1. The lowest BCUT2D eigenvalue weighted by Gasteiger charge is -2.43. The van der Waals surface area contributed by atoms with Crippen LogP contribution < -0.4 is 4.90 Å². The van der Waals surface area contributed by atoms with Gasteiger partial charge in [-0.05, 0) is 38.4 Å². The minimum absolute atomic E-state index is 0.0731. The highest BCUT2D eigenvalue weighted by Crippen LogP contribution is 2.31. The van der Waals surface area contributed by atoms with E-state index in [-0.39, 0.29) is 11.7 Å². The number of nitrogens with zero attached hydrogens (tertiary/aromatic N) is 2. The van der Waals surface area contributed by atoms with Gasteiger partial charge in [0.2, 0.25) is 0 Å². The van der Waals surface area contributed by atoms with Gasteiger partial charge in [0, 0.05) is 25.2 Å². The highest BCUT2D eigenvalue weighted by atomic mass is 19.2. The summed E-state index contributed by atoms with van der Waals surface area (Å²) in [5, 5.41) is 8.84. The first-order valence-electron chi connectivity index (χ1n) is 7.21. The van der Waals surface area contributed by atoms with Crippen LogP contribution in [0.3, 0.4) is 0 Å². The van der Waals surface area contributed by atoms with Crippen molar-refractivity contribution in [2.45, 2.75) is 31.8 Å². The minimum Gasteiger partial charge on any atom is -0.478 e. The molecule has 2 unspecified atom stereocenters. The first-order chi connectivity index (χ1) is 9.99. The number of aromatic carboxylic acids is 1. The number of carboxylic acid groups (broad SMARTS) is 1. The molecular formula is C15H18F2N2O2. The van der Waals surface area contributed by atoms with Crippen LogP contribution in [0.25, 0.3) is 0 Å². The second-order valence-corrected chi connectivity index (χ2v) is 5.86. The summed E-state index contributed by atoms with van der Waals surface area (Å²) in [6.07, 6.45) is 2.21. The Hall–Kier alpha value is -1.69. The zero-order valence-electron chi connectivity index (χ0n) is 11.9. The number of carbonyl (C=O) groups is 1. The van der Waals surface area contributed by atoms with Crippen LogP contribution in [0, 0.1) is 11.6 Å². The zero-order valence-corrected chi connectivity index (χ0v) is 11.9. The predicted molar refractivity (Wildman–Crippen MR) is 74.7 cm³/mol. The van der Waals surface area contributed by atoms with Gasteiger partial charge in [0.05, 0.1) is 11.3 Å². The van der Waals surface area contributed by atoms with Gasteiger partial charge < -0.3 is 10.0 Å². The van der Waals surface area contributed by atoms with E-state index in [1.165, 1.54) is 6.07 Å². The summed E-state index contributed by atoms with van der Waals surface area (Å²) in [7, 11) is 0. The second kappa shape index (κ2) is 5.26. The van der Waals surface area contributed by atoms with Gasteiger partial charge in [0.15, 0.2) is 11.6 Å². The highest BCUT2D eigenvalue weighted by Gasteiger charge is 2.36. The third-order valence-corrected chi connectivity index (χ3v) is 4.54. The quantitative estimate of drug-likeness (QED) is 0.910. The third kappa shape index (κ3) is 2.37. The third-order valence-electron chi connectivity index (χ3n) is 4.54. The van der Waals surface area contributed by atoms with E-state index in [9.17, 15) is 13.6 Å². The van der Waals surface area contributed by atoms with Gasteiger partial charge in [0.25, 0.3) is 0 Å². The fourth-order valence-electron chi connectivity index (χ4n) is 3.45. The van der Waals surface area contributed by atoms with E-state index in [2.05, 4.69) is 4.90 Å². The minimum atomic E-state index is -1.45. The van der Waals surface area contributed by atoms with E-state index in [1.807, 2.05) is 11.8 Å². The second-order valence-electron chi connectivity index (χ2n) is 5.86. The van der Waals surface area contributed by atoms with Crippen LogP contribution in [-0.4, -0.2) is 47.7 Å². The Morgan fingerprint density at radius 3 is 2.76 bits per heavy atom. The molecule has 1 aromatic carbocycles. The topological polar surface area (TPSA) is 43.8 Å². The summed E-state index contributed by atoms with van der Waals surface area (Å²) in [5.74, 6) is -3.79. The lowest BCUT2D eigenvalue weighted by atomic mass is 10.1. The summed E-state index contributed by atoms with van der Waals surface area (Å²) in [6, 6.07) is 2.97. The van der Waals surface area contributed by atoms with Gasteiger partial charge in [-0.15, -0.1) is 0 Å². The van der Waals surface area contributed by atoms with Gasteiger partial charge in [-0.2, -0.15) is 0 Å². The van der Waals surface area contributed by atoms with Crippen LogP contribution in [0.15, 0.2) is 12.1 Å². The molecule has 2 saturated heterocycles. The summed E-state index contributed by atoms with van der Waals surface area (Å²) in [6.45, 7) is 4.53. The van der Waals surface area contributed by atoms with Crippen molar-refractivity contribution >= 4 is 11.7 Å².